The van der Waals surface area contributed by atoms with Gasteiger partial charge in [-0.3, -0.25) is 9.36 Å². The molecule has 2 heterocycles. The quantitative estimate of drug-likeness (QED) is 0.0830. The van der Waals surface area contributed by atoms with Crippen molar-refractivity contribution in [2.24, 2.45) is 23.7 Å². The summed E-state index contributed by atoms with van der Waals surface area (Å²) in [5.74, 6) is 3.39. The number of benzene rings is 3. The number of nitrogens with zero attached hydrogens (tertiary/aromatic N) is 4. The molecule has 11 nitrogen and oxygen atoms in total. The minimum atomic E-state index is -1.46. The van der Waals surface area contributed by atoms with Crippen molar-refractivity contribution < 1.29 is 29.3 Å². The molecule has 0 saturated heterocycles. The van der Waals surface area contributed by atoms with Crippen LogP contribution in [0.3, 0.4) is 0 Å². The van der Waals surface area contributed by atoms with Gasteiger partial charge < -0.3 is 25.0 Å². The molecule has 3 aromatic carbocycles. The first-order valence-corrected chi connectivity index (χ1v) is 18.1. The summed E-state index contributed by atoms with van der Waals surface area (Å²) in [5.41, 5.74) is 2.39. The number of carbonyl (C=O) groups is 2. The number of carboxylic acid groups (broad SMARTS) is 2. The number of hydrogen-bond acceptors (Lipinski definition) is 8. The molecule has 3 N–H and O–H groups in total. The van der Waals surface area contributed by atoms with E-state index in [9.17, 15) is 14.7 Å². The van der Waals surface area contributed by atoms with Crippen LogP contribution >= 0.6 is 0 Å². The molecule has 5 aromatic rings. The molecule has 9 rings (SSSR count). The summed E-state index contributed by atoms with van der Waals surface area (Å²) >= 11 is 0. The number of methoxy groups -OCH3 is 1. The molecular weight excluding hydrogens is 658 g/mol. The minimum Gasteiger partial charge on any atom is -0.497 e. The largest absolute Gasteiger partial charge is 0.497 e. The Balaban J connectivity index is 0.000000354. The summed E-state index contributed by atoms with van der Waals surface area (Å²) in [4.78, 5) is 36.5. The van der Waals surface area contributed by atoms with Crippen LogP contribution in [-0.2, 0) is 19.9 Å². The number of aliphatic carboxylic acids is 2. The van der Waals surface area contributed by atoms with Crippen molar-refractivity contribution in [3.63, 3.8) is 0 Å². The molecule has 4 bridgehead atoms. The molecule has 4 fully saturated rings. The molecule has 270 valence electrons. The van der Waals surface area contributed by atoms with Gasteiger partial charge in [-0.1, -0.05) is 72.8 Å². The van der Waals surface area contributed by atoms with E-state index in [0.29, 0.717) is 11.3 Å². The van der Waals surface area contributed by atoms with Gasteiger partial charge in [-0.2, -0.15) is 4.98 Å². The van der Waals surface area contributed by atoms with Crippen molar-refractivity contribution in [3.05, 3.63) is 114 Å². The monoisotopic (exact) mass is 703 g/mol. The Labute approximate surface area is 303 Å². The highest BCUT2D eigenvalue weighted by molar-refractivity contribution is 5.76. The van der Waals surface area contributed by atoms with Crippen LogP contribution in [0.25, 0.3) is 11.2 Å². The first-order valence-electron chi connectivity index (χ1n) is 18.1. The van der Waals surface area contributed by atoms with Gasteiger partial charge >= 0.3 is 11.9 Å². The summed E-state index contributed by atoms with van der Waals surface area (Å²) in [7, 11) is 1.61. The van der Waals surface area contributed by atoms with Gasteiger partial charge in [0.2, 0.25) is 12.2 Å². The molecule has 0 radical (unpaired) electrons. The maximum Gasteiger partial charge on any atom is 0.354 e. The number of hydrogen-bond donors (Lipinski definition) is 3. The van der Waals surface area contributed by atoms with Crippen molar-refractivity contribution in [3.8, 4) is 5.75 Å². The van der Waals surface area contributed by atoms with E-state index in [4.69, 9.17) is 19.6 Å². The van der Waals surface area contributed by atoms with Gasteiger partial charge in [0.25, 0.3) is 0 Å². The first kappa shape index (κ1) is 35.1. The van der Waals surface area contributed by atoms with Gasteiger partial charge in [-0.05, 0) is 97.4 Å². The second-order valence-electron chi connectivity index (χ2n) is 14.3. The summed E-state index contributed by atoms with van der Waals surface area (Å²) in [6, 6.07) is 27.5. The molecule has 4 aliphatic carbocycles. The van der Waals surface area contributed by atoms with Crippen LogP contribution in [0.2, 0.25) is 0 Å². The molecule has 0 aliphatic heterocycles. The fourth-order valence-electron chi connectivity index (χ4n) is 8.83. The highest BCUT2D eigenvalue weighted by Crippen LogP contribution is 2.53. The Bertz CT molecular complexity index is 1870. The Hall–Kier alpha value is -5.29. The normalized spacial score (nSPS) is 20.9. The lowest BCUT2D eigenvalue weighted by Gasteiger charge is -2.49. The van der Waals surface area contributed by atoms with E-state index < -0.39 is 23.7 Å². The van der Waals surface area contributed by atoms with Crippen molar-refractivity contribution >= 4 is 29.1 Å². The number of fused-ring (bicyclic) bond motifs is 1. The maximum absolute atomic E-state index is 12.1. The number of aromatic nitrogens is 4. The Morgan fingerprint density at radius 2 is 1.35 bits per heavy atom. The van der Waals surface area contributed by atoms with E-state index in [0.717, 1.165) is 16.7 Å². The van der Waals surface area contributed by atoms with E-state index in [-0.39, 0.29) is 31.0 Å². The maximum atomic E-state index is 12.1. The van der Waals surface area contributed by atoms with Gasteiger partial charge in [-0.15, -0.1) is 0 Å². The molecule has 4 aliphatic rings. The lowest BCUT2D eigenvalue weighted by atomic mass is 9.56. The van der Waals surface area contributed by atoms with E-state index in [2.05, 4.69) is 15.3 Å². The average Bonchev–Trinajstić information content (AvgIpc) is 3.57. The lowest BCUT2D eigenvalue weighted by Crippen LogP contribution is -2.38. The fraction of sp³-hybridized carbons (Fsp3) is 0.390. The van der Waals surface area contributed by atoms with Crippen LogP contribution in [-0.4, -0.2) is 55.4 Å². The second kappa shape index (κ2) is 15.5. The smallest absolute Gasteiger partial charge is 0.354 e. The Kier molecular flexibility index (Phi) is 10.5. The number of rotatable bonds is 13. The van der Waals surface area contributed by atoms with Crippen molar-refractivity contribution in [2.75, 3.05) is 19.0 Å². The molecule has 1 atom stereocenters. The summed E-state index contributed by atoms with van der Waals surface area (Å²) in [6.45, 7) is -0.0677. The van der Waals surface area contributed by atoms with Crippen molar-refractivity contribution in [1.29, 1.82) is 0 Å². The molecule has 52 heavy (non-hydrogen) atoms. The molecular formula is C41H45N5O6. The SMILES string of the molecule is C1C2CC3CC1CC(C2)C3.COc1ccc(C(Nc2ncc3ncn(C(OCCCC(=O)O)C(=O)O)c3n2)(c2ccccc2)c2ccccc2)cc1. The van der Waals surface area contributed by atoms with E-state index in [1.54, 1.807) is 45.6 Å². The van der Waals surface area contributed by atoms with E-state index in [1.807, 2.05) is 84.9 Å². The number of carboxylic acids is 2. The molecule has 0 amide bonds. The number of nitrogens with one attached hydrogen (secondary N) is 1. The van der Waals surface area contributed by atoms with E-state index in [1.165, 1.54) is 40.8 Å². The van der Waals surface area contributed by atoms with Gasteiger partial charge in [-0.25, -0.2) is 14.8 Å². The standard InChI is InChI=1S/C31H29N5O6.C10H16/c1-41-24-16-14-23(15-17-24)31(21-9-4-2-5-10-21,22-11-6-3-7-12-22)35-30-32-19-25-27(34-30)36(20-33-25)28(29(39)40)42-18-8-13-26(37)38;1-7-2-9-4-8(1)5-10(3-7)6-9/h2-7,9-12,14-17,19-20,28H,8,13,18H2,1H3,(H,37,38)(H,39,40)(H,32,34,35);7-10H,1-6H2. The van der Waals surface area contributed by atoms with Crippen LogP contribution in [0.15, 0.2) is 97.5 Å². The van der Waals surface area contributed by atoms with Gasteiger partial charge in [0.15, 0.2) is 5.65 Å². The van der Waals surface area contributed by atoms with Crippen LogP contribution in [0.1, 0.15) is 74.3 Å². The van der Waals surface area contributed by atoms with Crippen LogP contribution in [0.4, 0.5) is 5.95 Å². The van der Waals surface area contributed by atoms with Crippen LogP contribution < -0.4 is 10.1 Å². The first-order chi connectivity index (χ1) is 25.3. The third-order valence-electron chi connectivity index (χ3n) is 10.8. The average molecular weight is 704 g/mol. The second-order valence-corrected chi connectivity index (χ2v) is 14.3. The van der Waals surface area contributed by atoms with Crippen LogP contribution in [0, 0.1) is 23.7 Å². The number of ether oxygens (including phenoxy) is 2. The lowest BCUT2D eigenvalue weighted by molar-refractivity contribution is -0.157. The van der Waals surface area contributed by atoms with Crippen molar-refractivity contribution in [2.45, 2.75) is 63.1 Å². The fourth-order valence-corrected chi connectivity index (χ4v) is 8.83. The van der Waals surface area contributed by atoms with E-state index >= 15 is 0 Å². The minimum absolute atomic E-state index is 0.0677. The van der Waals surface area contributed by atoms with Crippen molar-refractivity contribution in [1.82, 2.24) is 19.5 Å². The van der Waals surface area contributed by atoms with Crippen LogP contribution in [0.5, 0.6) is 5.75 Å². The zero-order valence-electron chi connectivity index (χ0n) is 29.3. The molecule has 0 spiro atoms. The molecule has 1 unspecified atom stereocenters. The third-order valence-corrected chi connectivity index (χ3v) is 10.8. The van der Waals surface area contributed by atoms with Gasteiger partial charge in [0.05, 0.1) is 26.2 Å². The topological polar surface area (TPSA) is 149 Å². The predicted octanol–water partition coefficient (Wildman–Crippen LogP) is 7.54. The highest BCUT2D eigenvalue weighted by atomic mass is 16.5. The zero-order valence-corrected chi connectivity index (χ0v) is 29.3. The third kappa shape index (κ3) is 7.50. The molecule has 4 saturated carbocycles. The molecule has 2 aromatic heterocycles. The summed E-state index contributed by atoms with van der Waals surface area (Å²) in [6.07, 6.45) is 11.0. The highest BCUT2D eigenvalue weighted by Gasteiger charge is 2.42. The Morgan fingerprint density at radius 3 is 1.85 bits per heavy atom. The predicted molar refractivity (Wildman–Crippen MR) is 196 cm³/mol. The van der Waals surface area contributed by atoms with Gasteiger partial charge in [0, 0.05) is 6.42 Å². The Morgan fingerprint density at radius 1 is 0.808 bits per heavy atom. The summed E-state index contributed by atoms with van der Waals surface area (Å²) < 4.78 is 12.3. The zero-order chi connectivity index (χ0) is 36.1. The number of imidazole rings is 1. The van der Waals surface area contributed by atoms with Gasteiger partial charge in [0.1, 0.15) is 16.8 Å². The molecule has 11 heteroatoms. The number of anilines is 1. The summed E-state index contributed by atoms with van der Waals surface area (Å²) in [5, 5.41) is 22.4.